The molecule has 108 valence electrons. The van der Waals surface area contributed by atoms with E-state index in [1.165, 1.54) is 12.3 Å². The molecule has 0 fully saturated rings. The van der Waals surface area contributed by atoms with Gasteiger partial charge in [0.1, 0.15) is 11.5 Å². The lowest BCUT2D eigenvalue weighted by atomic mass is 10.2. The molecule has 2 rings (SSSR count). The molecule has 0 spiro atoms. The summed E-state index contributed by atoms with van der Waals surface area (Å²) in [6.07, 6.45) is 1.23. The van der Waals surface area contributed by atoms with Gasteiger partial charge in [-0.15, -0.1) is 0 Å². The number of benzene rings is 1. The van der Waals surface area contributed by atoms with Crippen LogP contribution in [0.2, 0.25) is 0 Å². The lowest BCUT2D eigenvalue weighted by Crippen LogP contribution is -2.17. The average molecular weight is 287 g/mol. The first kappa shape index (κ1) is 14.4. The van der Waals surface area contributed by atoms with E-state index in [0.29, 0.717) is 22.6 Å². The number of carbonyl (C=O) groups excluding carboxylic acids is 1. The first-order chi connectivity index (χ1) is 9.99. The average Bonchev–Trinajstić information content (AvgIpc) is 2.78. The van der Waals surface area contributed by atoms with E-state index < -0.39 is 10.8 Å². The zero-order valence-electron chi connectivity index (χ0n) is 11.5. The molecule has 0 aliphatic rings. The highest BCUT2D eigenvalue weighted by atomic mass is 16.6. The van der Waals surface area contributed by atoms with E-state index in [4.69, 9.17) is 4.42 Å². The highest BCUT2D eigenvalue weighted by Crippen LogP contribution is 2.15. The van der Waals surface area contributed by atoms with E-state index in [2.05, 4.69) is 10.5 Å². The third-order valence-corrected chi connectivity index (χ3v) is 2.79. The van der Waals surface area contributed by atoms with E-state index in [9.17, 15) is 14.9 Å². The Kier molecular flexibility index (Phi) is 4.13. The Balaban J connectivity index is 2.11. The molecular weight excluding hydrogens is 274 g/mol. The molecule has 0 atom stereocenters. The molecular formula is C14H13N3O4. The topological polar surface area (TPSA) is 97.7 Å². The van der Waals surface area contributed by atoms with Gasteiger partial charge in [0, 0.05) is 6.07 Å². The summed E-state index contributed by atoms with van der Waals surface area (Å²) in [5.74, 6) is 0.686. The van der Waals surface area contributed by atoms with Gasteiger partial charge in [0.2, 0.25) is 0 Å². The van der Waals surface area contributed by atoms with Gasteiger partial charge in [0.05, 0.1) is 22.3 Å². The van der Waals surface area contributed by atoms with Gasteiger partial charge in [-0.25, -0.2) is 5.43 Å². The Morgan fingerprint density at radius 2 is 2.10 bits per heavy atom. The Labute approximate surface area is 120 Å². The molecule has 21 heavy (non-hydrogen) atoms. The quantitative estimate of drug-likeness (QED) is 0.530. The second-order valence-electron chi connectivity index (χ2n) is 4.34. The van der Waals surface area contributed by atoms with Crippen LogP contribution in [0.5, 0.6) is 0 Å². The van der Waals surface area contributed by atoms with E-state index >= 15 is 0 Å². The van der Waals surface area contributed by atoms with Crippen molar-refractivity contribution in [3.63, 3.8) is 0 Å². The first-order valence-electron chi connectivity index (χ1n) is 6.13. The SMILES string of the molecule is Cc1cc(C(=O)N/N=C\c2ccccc2[N+](=O)[O-])c(C)o1. The van der Waals surface area contributed by atoms with Crippen molar-refractivity contribution < 1.29 is 14.1 Å². The predicted molar refractivity (Wildman–Crippen MR) is 76.3 cm³/mol. The molecule has 1 aromatic carbocycles. The number of nitro benzene ring substituents is 1. The molecule has 0 unspecified atom stereocenters. The lowest BCUT2D eigenvalue weighted by molar-refractivity contribution is -0.385. The van der Waals surface area contributed by atoms with Gasteiger partial charge in [-0.1, -0.05) is 12.1 Å². The summed E-state index contributed by atoms with van der Waals surface area (Å²) in [6, 6.07) is 7.73. The number of nitrogens with zero attached hydrogens (tertiary/aromatic N) is 2. The minimum Gasteiger partial charge on any atom is -0.466 e. The minimum absolute atomic E-state index is 0.0779. The number of aryl methyl sites for hydroxylation is 2. The van der Waals surface area contributed by atoms with Crippen LogP contribution in [0.1, 0.15) is 27.4 Å². The number of furan rings is 1. The number of rotatable bonds is 4. The fraction of sp³-hybridized carbons (Fsp3) is 0.143. The number of hydrazone groups is 1. The normalized spacial score (nSPS) is 10.8. The van der Waals surface area contributed by atoms with Crippen LogP contribution in [-0.4, -0.2) is 17.0 Å². The summed E-state index contributed by atoms with van der Waals surface area (Å²) in [7, 11) is 0. The maximum atomic E-state index is 11.9. The highest BCUT2D eigenvalue weighted by molar-refractivity contribution is 5.96. The first-order valence-corrected chi connectivity index (χ1v) is 6.13. The fourth-order valence-electron chi connectivity index (χ4n) is 1.84. The molecule has 0 saturated carbocycles. The van der Waals surface area contributed by atoms with Gasteiger partial charge < -0.3 is 4.42 Å². The van der Waals surface area contributed by atoms with Crippen LogP contribution in [0, 0.1) is 24.0 Å². The molecule has 0 saturated heterocycles. The molecule has 1 aromatic heterocycles. The number of amides is 1. The van der Waals surface area contributed by atoms with Crippen LogP contribution >= 0.6 is 0 Å². The maximum absolute atomic E-state index is 11.9. The Morgan fingerprint density at radius 1 is 1.38 bits per heavy atom. The molecule has 2 aromatic rings. The molecule has 0 aliphatic heterocycles. The smallest absolute Gasteiger partial charge is 0.278 e. The molecule has 1 N–H and O–H groups in total. The minimum atomic E-state index is -0.507. The summed E-state index contributed by atoms with van der Waals surface area (Å²) in [5.41, 5.74) is 2.93. The Morgan fingerprint density at radius 3 is 2.71 bits per heavy atom. The third-order valence-electron chi connectivity index (χ3n) is 2.79. The highest BCUT2D eigenvalue weighted by Gasteiger charge is 2.13. The van der Waals surface area contributed by atoms with Crippen LogP contribution in [0.15, 0.2) is 39.9 Å². The molecule has 0 radical (unpaired) electrons. The fourth-order valence-corrected chi connectivity index (χ4v) is 1.84. The predicted octanol–water partition coefficient (Wildman–Crippen LogP) is 2.57. The van der Waals surface area contributed by atoms with Crippen LogP contribution in [-0.2, 0) is 0 Å². The van der Waals surface area contributed by atoms with Crippen molar-refractivity contribution in [1.29, 1.82) is 0 Å². The molecule has 7 heteroatoms. The van der Waals surface area contributed by atoms with Gasteiger partial charge in [0.15, 0.2) is 0 Å². The van der Waals surface area contributed by atoms with Crippen molar-refractivity contribution in [3.8, 4) is 0 Å². The largest absolute Gasteiger partial charge is 0.466 e. The van der Waals surface area contributed by atoms with E-state index in [1.807, 2.05) is 0 Å². The van der Waals surface area contributed by atoms with E-state index in [-0.39, 0.29) is 5.69 Å². The van der Waals surface area contributed by atoms with Crippen LogP contribution in [0.3, 0.4) is 0 Å². The van der Waals surface area contributed by atoms with Gasteiger partial charge in [-0.05, 0) is 26.0 Å². The summed E-state index contributed by atoms with van der Waals surface area (Å²) in [4.78, 5) is 22.2. The van der Waals surface area contributed by atoms with Gasteiger partial charge in [0.25, 0.3) is 11.6 Å². The summed E-state index contributed by atoms with van der Waals surface area (Å²) >= 11 is 0. The zero-order valence-corrected chi connectivity index (χ0v) is 11.5. The molecule has 1 heterocycles. The number of nitro groups is 1. The summed E-state index contributed by atoms with van der Waals surface area (Å²) in [5, 5.41) is 14.6. The number of hydrogen-bond donors (Lipinski definition) is 1. The monoisotopic (exact) mass is 287 g/mol. The second-order valence-corrected chi connectivity index (χ2v) is 4.34. The van der Waals surface area contributed by atoms with Crippen molar-refractivity contribution in [3.05, 3.63) is 63.1 Å². The molecule has 1 amide bonds. The van der Waals surface area contributed by atoms with Gasteiger partial charge >= 0.3 is 0 Å². The standard InChI is InChI=1S/C14H13N3O4/c1-9-7-12(10(2)21-9)14(18)16-15-8-11-5-3-4-6-13(11)17(19)20/h3-8H,1-2H3,(H,16,18)/b15-8-. The second kappa shape index (κ2) is 6.00. The maximum Gasteiger partial charge on any atom is 0.278 e. The van der Waals surface area contributed by atoms with Crippen LogP contribution in [0.4, 0.5) is 5.69 Å². The summed E-state index contributed by atoms with van der Waals surface area (Å²) < 4.78 is 5.25. The zero-order chi connectivity index (χ0) is 15.4. The van der Waals surface area contributed by atoms with E-state index in [1.54, 1.807) is 38.1 Å². The van der Waals surface area contributed by atoms with Crippen molar-refractivity contribution in [2.45, 2.75) is 13.8 Å². The van der Waals surface area contributed by atoms with Crippen LogP contribution in [0.25, 0.3) is 0 Å². The number of para-hydroxylation sites is 1. The van der Waals surface area contributed by atoms with E-state index in [0.717, 1.165) is 0 Å². The Hall–Kier alpha value is -2.96. The molecule has 0 bridgehead atoms. The lowest BCUT2D eigenvalue weighted by Gasteiger charge is -1.98. The van der Waals surface area contributed by atoms with Crippen LogP contribution < -0.4 is 5.43 Å². The molecule has 7 nitrogen and oxygen atoms in total. The summed E-state index contributed by atoms with van der Waals surface area (Å²) in [6.45, 7) is 3.41. The van der Waals surface area contributed by atoms with Crippen molar-refractivity contribution in [1.82, 2.24) is 5.43 Å². The number of carbonyl (C=O) groups is 1. The number of nitrogens with one attached hydrogen (secondary N) is 1. The van der Waals surface area contributed by atoms with Crippen molar-refractivity contribution in [2.75, 3.05) is 0 Å². The molecule has 0 aliphatic carbocycles. The van der Waals surface area contributed by atoms with Gasteiger partial charge in [-0.3, -0.25) is 14.9 Å². The van der Waals surface area contributed by atoms with Gasteiger partial charge in [-0.2, -0.15) is 5.10 Å². The Bertz CT molecular complexity index is 719. The number of hydrogen-bond acceptors (Lipinski definition) is 5. The van der Waals surface area contributed by atoms with Crippen molar-refractivity contribution in [2.24, 2.45) is 5.10 Å². The third kappa shape index (κ3) is 3.33. The van der Waals surface area contributed by atoms with Crippen molar-refractivity contribution >= 4 is 17.8 Å².